The van der Waals surface area contributed by atoms with Crippen LogP contribution in [0.25, 0.3) is 0 Å². The zero-order valence-corrected chi connectivity index (χ0v) is 8.80. The van der Waals surface area contributed by atoms with Crippen molar-refractivity contribution in [1.29, 1.82) is 0 Å². The topological polar surface area (TPSA) is 9.23 Å². The molecule has 3 heteroatoms. The molecule has 0 radical (unpaired) electrons. The van der Waals surface area contributed by atoms with E-state index in [0.717, 1.165) is 16.8 Å². The molecule has 0 N–H and O–H groups in total. The summed E-state index contributed by atoms with van der Waals surface area (Å²) in [7, 11) is 1.15. The predicted molar refractivity (Wildman–Crippen MR) is 33.0 cm³/mol. The molecule has 0 amide bonds. The predicted octanol–water partition coefficient (Wildman–Crippen LogP) is 0.0393. The number of hydrogen-bond acceptors (Lipinski definition) is 1. The van der Waals surface area contributed by atoms with Crippen molar-refractivity contribution in [3.8, 4) is 0 Å². The van der Waals surface area contributed by atoms with Crippen molar-refractivity contribution < 1.29 is 26.5 Å². The molecule has 0 unspecified atom stereocenters. The Morgan fingerprint density at radius 3 is 2.38 bits per heavy atom. The molecule has 1 aliphatic heterocycles. The summed E-state index contributed by atoms with van der Waals surface area (Å²) in [4.78, 5) is 0. The van der Waals surface area contributed by atoms with E-state index in [1.807, 2.05) is 0 Å². The Labute approximate surface area is 68.5 Å². The number of hydrogen-bond donors (Lipinski definition) is 0. The smallest absolute Gasteiger partial charge is 0.0111 e. The van der Waals surface area contributed by atoms with E-state index in [4.69, 9.17) is 4.74 Å². The van der Waals surface area contributed by atoms with Gasteiger partial charge in [-0.05, 0) is 6.42 Å². The third-order valence-corrected chi connectivity index (χ3v) is 2.06. The minimum absolute atomic E-state index is 0. The third kappa shape index (κ3) is 3.03. The summed E-state index contributed by atoms with van der Waals surface area (Å²) < 4.78 is 5.26. The fraction of sp³-hybridized carbons (Fsp3) is 0.800. The van der Waals surface area contributed by atoms with Crippen LogP contribution in [0.5, 0.6) is 0 Å². The quantitative estimate of drug-likeness (QED) is 0.362. The molecule has 0 aromatic heterocycles. The van der Waals surface area contributed by atoms with E-state index in [1.54, 1.807) is 0 Å². The Kier molecular flexibility index (Phi) is 5.27. The van der Waals surface area contributed by atoms with Gasteiger partial charge in [0.25, 0.3) is 0 Å². The van der Waals surface area contributed by atoms with Gasteiger partial charge in [-0.2, -0.15) is 6.42 Å². The van der Waals surface area contributed by atoms with Crippen LogP contribution in [-0.2, 0) is 26.5 Å². The normalized spacial score (nSPS) is 22.5. The minimum atomic E-state index is 0. The van der Waals surface area contributed by atoms with E-state index in [1.165, 1.54) is 25.0 Å². The van der Waals surface area contributed by atoms with E-state index >= 15 is 0 Å². The van der Waals surface area contributed by atoms with Crippen molar-refractivity contribution in [1.82, 2.24) is 0 Å². The largest absolute Gasteiger partial charge is 0.551 e. The molecule has 1 aliphatic rings. The van der Waals surface area contributed by atoms with Crippen molar-refractivity contribution in [2.75, 3.05) is 6.61 Å². The van der Waals surface area contributed by atoms with E-state index in [0.29, 0.717) is 0 Å². The average molecular weight is 163 g/mol. The Hall–Kier alpha value is 0.891. The fourth-order valence-corrected chi connectivity index (χ4v) is 1.35. The van der Waals surface area contributed by atoms with Gasteiger partial charge in [-0.25, -0.2) is 5.73 Å². The maximum Gasteiger partial charge on any atom is 0.0111 e. The molecular formula is C5H11OSiTi-. The molecule has 46 valence electrons. The van der Waals surface area contributed by atoms with Gasteiger partial charge in [0.2, 0.25) is 0 Å². The molecule has 0 aromatic carbocycles. The summed E-state index contributed by atoms with van der Waals surface area (Å²) >= 11 is 0. The number of ether oxygens (including phenoxy) is 1. The van der Waals surface area contributed by atoms with Crippen LogP contribution in [0.1, 0.15) is 19.3 Å². The van der Waals surface area contributed by atoms with Gasteiger partial charge in [-0.1, -0.05) is 6.42 Å². The SMILES string of the molecule is [SiH3][C-]1CCCCO1.[Ti]. The van der Waals surface area contributed by atoms with Crippen LogP contribution in [0.4, 0.5) is 0 Å². The van der Waals surface area contributed by atoms with Crippen LogP contribution >= 0.6 is 0 Å². The summed E-state index contributed by atoms with van der Waals surface area (Å²) in [6.07, 6.45) is 3.87. The molecule has 0 saturated carbocycles. The zero-order chi connectivity index (χ0) is 5.11. The van der Waals surface area contributed by atoms with Crippen molar-refractivity contribution in [3.05, 3.63) is 5.73 Å². The molecule has 1 fully saturated rings. The van der Waals surface area contributed by atoms with Crippen molar-refractivity contribution in [2.24, 2.45) is 0 Å². The zero-order valence-electron chi connectivity index (χ0n) is 5.24. The van der Waals surface area contributed by atoms with Crippen LogP contribution in [0, 0.1) is 5.73 Å². The molecule has 1 rings (SSSR count). The van der Waals surface area contributed by atoms with Crippen LogP contribution in [0.2, 0.25) is 0 Å². The molecule has 0 bridgehead atoms. The monoisotopic (exact) mass is 163 g/mol. The van der Waals surface area contributed by atoms with Crippen molar-refractivity contribution in [2.45, 2.75) is 19.3 Å². The summed E-state index contributed by atoms with van der Waals surface area (Å²) in [6.45, 7) is 0.985. The molecular weight excluding hydrogens is 152 g/mol. The molecule has 0 aliphatic carbocycles. The maximum absolute atomic E-state index is 5.26. The van der Waals surface area contributed by atoms with Gasteiger partial charge < -0.3 is 4.74 Å². The summed E-state index contributed by atoms with van der Waals surface area (Å²) in [5.74, 6) is 0. The van der Waals surface area contributed by atoms with Gasteiger partial charge >= 0.3 is 0 Å². The first-order valence-electron chi connectivity index (χ1n) is 2.85. The average Bonchev–Trinajstić information content (AvgIpc) is 1.69. The first kappa shape index (κ1) is 8.89. The Morgan fingerprint density at radius 2 is 2.12 bits per heavy atom. The fourth-order valence-electron chi connectivity index (χ4n) is 0.795. The Bertz CT molecular complexity index is 54.4. The van der Waals surface area contributed by atoms with Gasteiger partial charge in [-0.3, -0.25) is 0 Å². The van der Waals surface area contributed by atoms with Crippen molar-refractivity contribution in [3.63, 3.8) is 0 Å². The Morgan fingerprint density at radius 1 is 1.38 bits per heavy atom. The molecule has 0 spiro atoms. The van der Waals surface area contributed by atoms with Gasteiger partial charge in [0.05, 0.1) is 0 Å². The van der Waals surface area contributed by atoms with Crippen LogP contribution < -0.4 is 0 Å². The third-order valence-electron chi connectivity index (χ3n) is 1.27. The van der Waals surface area contributed by atoms with Gasteiger partial charge in [0, 0.05) is 28.3 Å². The molecule has 0 atom stereocenters. The van der Waals surface area contributed by atoms with Gasteiger partial charge in [0.1, 0.15) is 0 Å². The van der Waals surface area contributed by atoms with Gasteiger partial charge in [-0.15, -0.1) is 10.2 Å². The molecule has 0 aromatic rings. The van der Waals surface area contributed by atoms with Crippen LogP contribution in [0.3, 0.4) is 0 Å². The van der Waals surface area contributed by atoms with E-state index < -0.39 is 0 Å². The molecule has 8 heavy (non-hydrogen) atoms. The number of rotatable bonds is 0. The standard InChI is InChI=1S/C5H11OSi.Ti/c7-5-3-1-2-4-6-5;/h1-4H2,7H3;/q-1;. The van der Waals surface area contributed by atoms with E-state index in [2.05, 4.69) is 0 Å². The van der Waals surface area contributed by atoms with E-state index in [-0.39, 0.29) is 21.7 Å². The second-order valence-corrected chi connectivity index (χ2v) is 3.12. The summed E-state index contributed by atoms with van der Waals surface area (Å²) in [6, 6.07) is 0. The van der Waals surface area contributed by atoms with Crippen LogP contribution in [0.15, 0.2) is 0 Å². The summed E-state index contributed by atoms with van der Waals surface area (Å²) in [5, 5.41) is 0. The second-order valence-electron chi connectivity index (χ2n) is 2.01. The maximum atomic E-state index is 5.26. The minimum Gasteiger partial charge on any atom is -0.551 e. The van der Waals surface area contributed by atoms with Gasteiger partial charge in [0.15, 0.2) is 0 Å². The molecule has 1 nitrogen and oxygen atoms in total. The van der Waals surface area contributed by atoms with E-state index in [9.17, 15) is 0 Å². The van der Waals surface area contributed by atoms with Crippen LogP contribution in [-0.4, -0.2) is 16.8 Å². The Balaban J connectivity index is 0.000000490. The second kappa shape index (κ2) is 4.74. The first-order valence-corrected chi connectivity index (χ1v) is 3.85. The van der Waals surface area contributed by atoms with Crippen molar-refractivity contribution >= 4 is 10.2 Å². The molecule has 1 saturated heterocycles. The molecule has 1 heterocycles. The summed E-state index contributed by atoms with van der Waals surface area (Å²) in [5.41, 5.74) is 1.35. The first-order chi connectivity index (χ1) is 3.39.